The molecular weight excluding hydrogens is 362 g/mol. The number of ketones is 1. The van der Waals surface area contributed by atoms with E-state index in [1.165, 1.54) is 0 Å². The Labute approximate surface area is 166 Å². The number of Topliss-reactive ketones (excluding diaryl/α,β-unsaturated/α-hetero) is 1. The van der Waals surface area contributed by atoms with Crippen LogP contribution in [-0.4, -0.2) is 62.9 Å². The van der Waals surface area contributed by atoms with Crippen molar-refractivity contribution >= 4 is 11.9 Å². The number of piperidine rings is 1. The summed E-state index contributed by atoms with van der Waals surface area (Å²) in [4.78, 5) is 26.5. The highest BCUT2D eigenvalue weighted by atomic mass is 16.6. The number of hydrogen-bond acceptors (Lipinski definition) is 6. The van der Waals surface area contributed by atoms with E-state index in [9.17, 15) is 9.59 Å². The van der Waals surface area contributed by atoms with Crippen LogP contribution >= 0.6 is 0 Å². The molecule has 1 aliphatic heterocycles. The topological polar surface area (TPSA) is 74.3 Å². The van der Waals surface area contributed by atoms with Gasteiger partial charge in [0.1, 0.15) is 11.4 Å². The third-order valence-corrected chi connectivity index (χ3v) is 4.41. The standard InChI is InChI=1S/C21H31NO6/c1-21(2,3)28-20(24)22-10-9-17(23)16(14-22)15-7-8-18(26-5)19(13-15)27-12-6-11-25-4/h7-8,13,16H,6,9-12,14H2,1-5H3. The lowest BCUT2D eigenvalue weighted by Gasteiger charge is -2.33. The highest BCUT2D eigenvalue weighted by Gasteiger charge is 2.33. The summed E-state index contributed by atoms with van der Waals surface area (Å²) >= 11 is 0. The molecule has 28 heavy (non-hydrogen) atoms. The quantitative estimate of drug-likeness (QED) is 0.661. The number of likely N-dealkylation sites (tertiary alicyclic amines) is 1. The van der Waals surface area contributed by atoms with Gasteiger partial charge in [-0.3, -0.25) is 4.79 Å². The third-order valence-electron chi connectivity index (χ3n) is 4.41. The minimum absolute atomic E-state index is 0.107. The molecule has 1 amide bonds. The molecule has 1 fully saturated rings. The Morgan fingerprint density at radius 1 is 1.18 bits per heavy atom. The molecule has 7 nitrogen and oxygen atoms in total. The van der Waals surface area contributed by atoms with E-state index in [2.05, 4.69) is 0 Å². The summed E-state index contributed by atoms with van der Waals surface area (Å²) in [6.07, 6.45) is 0.660. The Balaban J connectivity index is 2.14. The molecular formula is C21H31NO6. The van der Waals surface area contributed by atoms with Gasteiger partial charge in [-0.25, -0.2) is 4.79 Å². The largest absolute Gasteiger partial charge is 0.493 e. The molecule has 1 aliphatic rings. The van der Waals surface area contributed by atoms with Gasteiger partial charge in [0.2, 0.25) is 0 Å². The van der Waals surface area contributed by atoms with Crippen molar-refractivity contribution in [2.75, 3.05) is 40.5 Å². The summed E-state index contributed by atoms with van der Waals surface area (Å²) in [5.41, 5.74) is 0.234. The predicted octanol–water partition coefficient (Wildman–Crippen LogP) is 3.40. The number of carbonyl (C=O) groups is 2. The Bertz CT molecular complexity index is 682. The van der Waals surface area contributed by atoms with Crippen LogP contribution in [0.3, 0.4) is 0 Å². The second kappa shape index (κ2) is 9.78. The van der Waals surface area contributed by atoms with Gasteiger partial charge in [0.25, 0.3) is 0 Å². The van der Waals surface area contributed by atoms with E-state index >= 15 is 0 Å². The second-order valence-electron chi connectivity index (χ2n) is 7.80. The lowest BCUT2D eigenvalue weighted by molar-refractivity contribution is -0.123. The lowest BCUT2D eigenvalue weighted by atomic mass is 9.89. The van der Waals surface area contributed by atoms with Crippen LogP contribution in [0.4, 0.5) is 4.79 Å². The number of ether oxygens (including phenoxy) is 4. The van der Waals surface area contributed by atoms with Crippen LogP contribution in [0.2, 0.25) is 0 Å². The molecule has 0 bridgehead atoms. The summed E-state index contributed by atoms with van der Waals surface area (Å²) in [6.45, 7) is 7.24. The molecule has 156 valence electrons. The molecule has 0 saturated carbocycles. The van der Waals surface area contributed by atoms with E-state index in [0.717, 1.165) is 12.0 Å². The third kappa shape index (κ3) is 6.12. The zero-order valence-electron chi connectivity index (χ0n) is 17.4. The molecule has 0 aliphatic carbocycles. The van der Waals surface area contributed by atoms with Gasteiger partial charge < -0.3 is 23.8 Å². The monoisotopic (exact) mass is 393 g/mol. The molecule has 1 saturated heterocycles. The number of benzene rings is 1. The van der Waals surface area contributed by atoms with Gasteiger partial charge in [-0.05, 0) is 38.5 Å². The van der Waals surface area contributed by atoms with E-state index in [-0.39, 0.29) is 5.78 Å². The fraction of sp³-hybridized carbons (Fsp3) is 0.619. The lowest BCUT2D eigenvalue weighted by Crippen LogP contribution is -2.45. The summed E-state index contributed by atoms with van der Waals surface area (Å²) < 4.78 is 21.7. The molecule has 0 N–H and O–H groups in total. The average Bonchev–Trinajstić information content (AvgIpc) is 2.64. The predicted molar refractivity (Wildman–Crippen MR) is 105 cm³/mol. The minimum Gasteiger partial charge on any atom is -0.493 e. The van der Waals surface area contributed by atoms with E-state index in [4.69, 9.17) is 18.9 Å². The maximum absolute atomic E-state index is 12.5. The maximum atomic E-state index is 12.5. The number of hydrogen-bond donors (Lipinski definition) is 0. The van der Waals surface area contributed by atoms with Gasteiger partial charge in [0.05, 0.1) is 19.6 Å². The van der Waals surface area contributed by atoms with Gasteiger partial charge >= 0.3 is 6.09 Å². The van der Waals surface area contributed by atoms with E-state index in [0.29, 0.717) is 44.2 Å². The van der Waals surface area contributed by atoms with Crippen LogP contribution in [0.1, 0.15) is 45.1 Å². The fourth-order valence-corrected chi connectivity index (χ4v) is 3.02. The minimum atomic E-state index is -0.572. The van der Waals surface area contributed by atoms with Crippen LogP contribution in [0.25, 0.3) is 0 Å². The molecule has 1 unspecified atom stereocenters. The van der Waals surface area contributed by atoms with Crippen molar-refractivity contribution in [1.82, 2.24) is 4.90 Å². The first-order valence-electron chi connectivity index (χ1n) is 9.55. The van der Waals surface area contributed by atoms with Crippen molar-refractivity contribution in [2.24, 2.45) is 0 Å². The molecule has 0 aromatic heterocycles. The van der Waals surface area contributed by atoms with Gasteiger partial charge in [0, 0.05) is 39.6 Å². The molecule has 1 heterocycles. The highest BCUT2D eigenvalue weighted by Crippen LogP contribution is 2.33. The van der Waals surface area contributed by atoms with E-state index < -0.39 is 17.6 Å². The van der Waals surface area contributed by atoms with Crippen LogP contribution < -0.4 is 9.47 Å². The van der Waals surface area contributed by atoms with Crippen molar-refractivity contribution in [2.45, 2.75) is 45.1 Å². The molecule has 0 radical (unpaired) electrons. The van der Waals surface area contributed by atoms with Gasteiger partial charge in [0.15, 0.2) is 11.5 Å². The van der Waals surface area contributed by atoms with Crippen LogP contribution in [0.5, 0.6) is 11.5 Å². The van der Waals surface area contributed by atoms with Gasteiger partial charge in [-0.1, -0.05) is 6.07 Å². The first kappa shape index (κ1) is 22.0. The Morgan fingerprint density at radius 3 is 2.57 bits per heavy atom. The van der Waals surface area contributed by atoms with Gasteiger partial charge in [-0.15, -0.1) is 0 Å². The number of carbonyl (C=O) groups excluding carboxylic acids is 2. The number of nitrogens with zero attached hydrogens (tertiary/aromatic N) is 1. The number of rotatable bonds is 7. The van der Waals surface area contributed by atoms with Crippen LogP contribution in [-0.2, 0) is 14.3 Å². The second-order valence-corrected chi connectivity index (χ2v) is 7.80. The van der Waals surface area contributed by atoms with E-state index in [1.54, 1.807) is 25.2 Å². The first-order chi connectivity index (χ1) is 13.2. The van der Waals surface area contributed by atoms with Crippen molar-refractivity contribution in [3.8, 4) is 11.5 Å². The number of methoxy groups -OCH3 is 2. The van der Waals surface area contributed by atoms with Gasteiger partial charge in [-0.2, -0.15) is 0 Å². The highest BCUT2D eigenvalue weighted by molar-refractivity contribution is 5.88. The van der Waals surface area contributed by atoms with Crippen molar-refractivity contribution in [3.05, 3.63) is 23.8 Å². The summed E-state index contributed by atoms with van der Waals surface area (Å²) in [5.74, 6) is 0.885. The van der Waals surface area contributed by atoms with Crippen molar-refractivity contribution in [3.63, 3.8) is 0 Å². The maximum Gasteiger partial charge on any atom is 0.410 e. The zero-order chi connectivity index (χ0) is 20.7. The summed E-state index contributed by atoms with van der Waals surface area (Å²) in [6, 6.07) is 5.47. The SMILES string of the molecule is COCCCOc1cc(C2CN(C(=O)OC(C)(C)C)CCC2=O)ccc1OC. The van der Waals surface area contributed by atoms with Crippen molar-refractivity contribution in [1.29, 1.82) is 0 Å². The Morgan fingerprint density at radius 2 is 1.93 bits per heavy atom. The molecule has 7 heteroatoms. The summed E-state index contributed by atoms with van der Waals surface area (Å²) in [5, 5.41) is 0. The first-order valence-corrected chi connectivity index (χ1v) is 9.55. The van der Waals surface area contributed by atoms with Crippen LogP contribution in [0.15, 0.2) is 18.2 Å². The van der Waals surface area contributed by atoms with Crippen LogP contribution in [0, 0.1) is 0 Å². The smallest absolute Gasteiger partial charge is 0.410 e. The molecule has 1 atom stereocenters. The fourth-order valence-electron chi connectivity index (χ4n) is 3.02. The normalized spacial score (nSPS) is 17.4. The zero-order valence-corrected chi connectivity index (χ0v) is 17.4. The summed E-state index contributed by atoms with van der Waals surface area (Å²) in [7, 11) is 3.22. The Kier molecular flexibility index (Phi) is 7.69. The van der Waals surface area contributed by atoms with Crippen molar-refractivity contribution < 1.29 is 28.5 Å². The number of amides is 1. The Hall–Kier alpha value is -2.28. The van der Waals surface area contributed by atoms with E-state index in [1.807, 2.05) is 32.9 Å². The molecule has 1 aromatic rings. The average molecular weight is 393 g/mol. The molecule has 0 spiro atoms. The molecule has 1 aromatic carbocycles. The molecule has 2 rings (SSSR count).